The van der Waals surface area contributed by atoms with E-state index in [1.807, 2.05) is 0 Å². The quantitative estimate of drug-likeness (QED) is 0.206. The van der Waals surface area contributed by atoms with Gasteiger partial charge in [-0.25, -0.2) is 0 Å². The number of rotatable bonds is 2. The van der Waals surface area contributed by atoms with Crippen LogP contribution < -0.4 is 24.8 Å². The predicted octanol–water partition coefficient (Wildman–Crippen LogP) is 3.93. The first-order chi connectivity index (χ1) is 16.6. The molecule has 0 atom stereocenters. The van der Waals surface area contributed by atoms with Crippen molar-refractivity contribution >= 4 is 27.0 Å². The molecule has 0 heterocycles. The van der Waals surface area contributed by atoms with E-state index in [1.165, 1.54) is 60.5 Å². The molecular weight excluding hydrogens is 587 g/mol. The number of benzene rings is 3. The summed E-state index contributed by atoms with van der Waals surface area (Å²) in [6.45, 7) is 17.8. The van der Waals surface area contributed by atoms with Crippen LogP contribution in [0.3, 0.4) is 0 Å². The first-order valence-electron chi connectivity index (χ1n) is 12.5. The fourth-order valence-electron chi connectivity index (χ4n) is 4.55. The maximum atomic E-state index is 2.31. The van der Waals surface area contributed by atoms with Crippen molar-refractivity contribution in [3.05, 3.63) is 107 Å². The van der Waals surface area contributed by atoms with Gasteiger partial charge in [-0.1, -0.05) is 80.8 Å². The second kappa shape index (κ2) is 15.2. The largest absolute Gasteiger partial charge is 1.00 e. The van der Waals surface area contributed by atoms with Crippen LogP contribution in [0.15, 0.2) is 78.9 Å². The summed E-state index contributed by atoms with van der Waals surface area (Å²) in [7, 11) is 0. The molecule has 0 unspecified atom stereocenters. The smallest absolute Gasteiger partial charge is 0.0276 e. The number of halogens is 2. The van der Waals surface area contributed by atoms with Crippen molar-refractivity contribution in [2.45, 2.75) is 60.6 Å². The van der Waals surface area contributed by atoms with E-state index < -0.39 is 0 Å². The van der Waals surface area contributed by atoms with Gasteiger partial charge in [0.25, 0.3) is 0 Å². The van der Waals surface area contributed by atoms with Gasteiger partial charge in [-0.05, 0) is 25.3 Å². The third-order valence-electron chi connectivity index (χ3n) is 6.17. The van der Waals surface area contributed by atoms with Crippen molar-refractivity contribution in [3.8, 4) is 11.1 Å². The van der Waals surface area contributed by atoms with Crippen LogP contribution in [0.5, 0.6) is 0 Å². The van der Waals surface area contributed by atoms with Crippen LogP contribution in [0.25, 0.3) is 32.7 Å². The molecule has 194 valence electrons. The van der Waals surface area contributed by atoms with Gasteiger partial charge < -0.3 is 24.8 Å². The van der Waals surface area contributed by atoms with E-state index in [4.69, 9.17) is 0 Å². The van der Waals surface area contributed by atoms with E-state index in [0.29, 0.717) is 5.92 Å². The Labute approximate surface area is 251 Å². The van der Waals surface area contributed by atoms with Gasteiger partial charge >= 0.3 is 41.9 Å². The molecule has 5 rings (SSSR count). The Hall–Kier alpha value is -1.44. The average Bonchev–Trinajstić information content (AvgIpc) is 3.38. The maximum absolute atomic E-state index is 2.31. The molecular formula is C33H38Cl2SiZr-2. The summed E-state index contributed by atoms with van der Waals surface area (Å²) in [4.78, 5) is 0. The standard InChI is InChI=1S/C18H17.C13H15.C2H6Si.2ClH.Zr/c1-12-9-16-13(2)11-14(3)18(17(16)10-12)15-7-5-4-6-8-15;1-9(2)12-7-11-5-4-10(3)6-13(11)8-12;1-3-2;;;/h4-11H,1-3H3;4-9H,1-3H3;1-2H3;2*1H;/q2*-1;;;;+2/p-2. The zero-order valence-corrected chi connectivity index (χ0v) is 28.3. The van der Waals surface area contributed by atoms with Crippen LogP contribution in [-0.2, 0) is 23.3 Å². The molecule has 0 saturated carbocycles. The van der Waals surface area contributed by atoms with Crippen molar-refractivity contribution in [2.75, 3.05) is 0 Å². The van der Waals surface area contributed by atoms with Gasteiger partial charge in [0.1, 0.15) is 0 Å². The topological polar surface area (TPSA) is 0 Å². The molecule has 5 aromatic carbocycles. The van der Waals surface area contributed by atoms with Gasteiger partial charge in [0.05, 0.1) is 0 Å². The van der Waals surface area contributed by atoms with E-state index in [9.17, 15) is 0 Å². The summed E-state index contributed by atoms with van der Waals surface area (Å²) in [6.07, 6.45) is 0. The second-order valence-electron chi connectivity index (χ2n) is 10.2. The Kier molecular flexibility index (Phi) is 13.8. The van der Waals surface area contributed by atoms with E-state index in [-0.39, 0.29) is 30.2 Å². The Bertz CT molecular complexity index is 1440. The van der Waals surface area contributed by atoms with Crippen LogP contribution in [0, 0.1) is 27.7 Å². The van der Waals surface area contributed by atoms with Gasteiger partial charge in [0.2, 0.25) is 0 Å². The van der Waals surface area contributed by atoms with E-state index in [2.05, 4.69) is 133 Å². The summed E-state index contributed by atoms with van der Waals surface area (Å²) in [5, 5.41) is 5.52. The first kappa shape index (κ1) is 33.6. The molecule has 0 spiro atoms. The average molecular weight is 625 g/mol. The molecule has 0 aliphatic carbocycles. The molecule has 0 aliphatic rings. The monoisotopic (exact) mass is 622 g/mol. The Morgan fingerprint density at radius 1 is 0.757 bits per heavy atom. The molecule has 4 heteroatoms. The van der Waals surface area contributed by atoms with Crippen LogP contribution in [-0.4, -0.2) is 5.43 Å². The fraction of sp³-hybridized carbons (Fsp3) is 0.273. The summed E-state index contributed by atoms with van der Waals surface area (Å²) < 4.78 is 0. The Balaban J connectivity index is 0.000000319. The molecule has 0 aliphatic heterocycles. The molecule has 0 amide bonds. The molecule has 5 aromatic rings. The first-order valence-corrected chi connectivity index (χ1v) is 18.7. The number of hydrogen-bond acceptors (Lipinski definition) is 0. The summed E-state index contributed by atoms with van der Waals surface area (Å²) in [5.74, 6) is 0.632. The maximum Gasteiger partial charge on any atom is -0.0276 e. The van der Waals surface area contributed by atoms with Crippen molar-refractivity contribution in [1.29, 1.82) is 0 Å². The van der Waals surface area contributed by atoms with Crippen LogP contribution in [0.2, 0.25) is 13.1 Å². The van der Waals surface area contributed by atoms with Crippen molar-refractivity contribution in [1.82, 2.24) is 0 Å². The predicted molar refractivity (Wildman–Crippen MR) is 155 cm³/mol. The van der Waals surface area contributed by atoms with Crippen LogP contribution in [0.4, 0.5) is 0 Å². The van der Waals surface area contributed by atoms with Gasteiger partial charge in [-0.15, -0.1) is 68.6 Å². The van der Waals surface area contributed by atoms with Crippen LogP contribution >= 0.6 is 0 Å². The number of fused-ring (bicyclic) bond motifs is 2. The van der Waals surface area contributed by atoms with Gasteiger partial charge in [-0.2, -0.15) is 12.1 Å². The molecule has 0 saturated heterocycles. The van der Waals surface area contributed by atoms with Crippen molar-refractivity contribution in [2.24, 2.45) is 0 Å². The third-order valence-corrected chi connectivity index (χ3v) is 6.17. The third kappa shape index (κ3) is 9.07. The molecule has 0 aromatic heterocycles. The molecule has 37 heavy (non-hydrogen) atoms. The molecule has 0 nitrogen and oxygen atoms in total. The minimum Gasteiger partial charge on any atom is -1.00 e. The number of hydrogen-bond donors (Lipinski definition) is 0. The van der Waals surface area contributed by atoms with Gasteiger partial charge in [-0.3, -0.25) is 0 Å². The molecule has 0 fully saturated rings. The molecule has 0 bridgehead atoms. The molecule has 0 radical (unpaired) electrons. The van der Waals surface area contributed by atoms with Crippen LogP contribution in [0.1, 0.15) is 47.6 Å². The summed E-state index contributed by atoms with van der Waals surface area (Å²) >= 11 is 1.74. The Morgan fingerprint density at radius 3 is 1.97 bits per heavy atom. The summed E-state index contributed by atoms with van der Waals surface area (Å²) in [6, 6.07) is 28.8. The van der Waals surface area contributed by atoms with E-state index in [0.717, 1.165) is 0 Å². The Morgan fingerprint density at radius 2 is 1.38 bits per heavy atom. The zero-order chi connectivity index (χ0) is 25.7. The fourth-order valence-corrected chi connectivity index (χ4v) is 4.55. The minimum atomic E-state index is 0. The number of aryl methyl sites for hydroxylation is 4. The van der Waals surface area contributed by atoms with E-state index >= 15 is 0 Å². The SMILES string of the molecule is C[Si](C)=[Zr+2].Cc1cc2c(-c3ccccc3)c(C)cc(C)c2[cH-]1.Cc1ccc2[cH-]c(C(C)C)cc2c1.[Cl-].[Cl-]. The summed E-state index contributed by atoms with van der Waals surface area (Å²) in [5.41, 5.74) is 9.76. The van der Waals surface area contributed by atoms with Gasteiger partial charge in [0.15, 0.2) is 0 Å². The second-order valence-corrected chi connectivity index (χ2v) is 19.6. The minimum absolute atomic E-state index is 0. The van der Waals surface area contributed by atoms with Crippen molar-refractivity contribution in [3.63, 3.8) is 0 Å². The normalized spacial score (nSPS) is 10.1. The zero-order valence-electron chi connectivity index (χ0n) is 23.3. The van der Waals surface area contributed by atoms with E-state index in [1.54, 1.807) is 23.3 Å². The molecule has 0 N–H and O–H groups in total. The van der Waals surface area contributed by atoms with Gasteiger partial charge in [0, 0.05) is 0 Å². The van der Waals surface area contributed by atoms with Crippen molar-refractivity contribution < 1.29 is 48.1 Å².